The van der Waals surface area contributed by atoms with E-state index in [1.165, 1.54) is 25.3 Å². The Hall–Kier alpha value is -1.25. The molecule has 0 radical (unpaired) electrons. The molecule has 0 saturated heterocycles. The summed E-state index contributed by atoms with van der Waals surface area (Å²) in [5, 5.41) is 2.96. The maximum Gasteiger partial charge on any atom is 0.258 e. The van der Waals surface area contributed by atoms with Crippen LogP contribution >= 0.6 is 0 Å². The highest BCUT2D eigenvalue weighted by Crippen LogP contribution is 2.17. The Morgan fingerprint density at radius 1 is 1.40 bits per heavy atom. The number of ether oxygens (including phenoxy) is 1. The first-order valence-electron chi connectivity index (χ1n) is 5.46. The standard InChI is InChI=1S/C12H19NO2/c1-3-10(2)15-9-12(14)13-11-7-5-4-6-8-11/h3,11H,1-2,4-9H2,(H,13,14). The summed E-state index contributed by atoms with van der Waals surface area (Å²) in [5.74, 6) is 0.374. The van der Waals surface area contributed by atoms with E-state index in [9.17, 15) is 4.79 Å². The smallest absolute Gasteiger partial charge is 0.258 e. The molecule has 0 aromatic heterocycles. The predicted octanol–water partition coefficient (Wildman–Crippen LogP) is 2.15. The number of hydrogen-bond donors (Lipinski definition) is 1. The lowest BCUT2D eigenvalue weighted by molar-refractivity contribution is -0.125. The molecule has 15 heavy (non-hydrogen) atoms. The van der Waals surface area contributed by atoms with E-state index in [0.29, 0.717) is 11.8 Å². The molecule has 1 rings (SSSR count). The predicted molar refractivity (Wildman–Crippen MR) is 60.3 cm³/mol. The van der Waals surface area contributed by atoms with Crippen molar-refractivity contribution in [3.63, 3.8) is 0 Å². The fourth-order valence-corrected chi connectivity index (χ4v) is 1.73. The van der Waals surface area contributed by atoms with Gasteiger partial charge in [0.15, 0.2) is 6.61 Å². The molecule has 1 amide bonds. The summed E-state index contributed by atoms with van der Waals surface area (Å²) in [6.07, 6.45) is 7.39. The van der Waals surface area contributed by atoms with E-state index in [1.807, 2.05) is 0 Å². The Bertz CT molecular complexity index is 242. The summed E-state index contributed by atoms with van der Waals surface area (Å²) in [5.41, 5.74) is 0. The second kappa shape index (κ2) is 6.27. The number of rotatable bonds is 5. The third-order valence-electron chi connectivity index (χ3n) is 2.59. The Kier molecular flexibility index (Phi) is 4.95. The van der Waals surface area contributed by atoms with Gasteiger partial charge in [-0.15, -0.1) is 0 Å². The van der Waals surface area contributed by atoms with Crippen LogP contribution < -0.4 is 5.32 Å². The van der Waals surface area contributed by atoms with Gasteiger partial charge in [0.2, 0.25) is 0 Å². The van der Waals surface area contributed by atoms with Crippen molar-refractivity contribution in [1.82, 2.24) is 5.32 Å². The third kappa shape index (κ3) is 4.68. The quantitative estimate of drug-likeness (QED) is 0.556. The topological polar surface area (TPSA) is 38.3 Å². The zero-order valence-electron chi connectivity index (χ0n) is 9.13. The zero-order chi connectivity index (χ0) is 11.1. The lowest BCUT2D eigenvalue weighted by Crippen LogP contribution is -2.38. The van der Waals surface area contributed by atoms with Gasteiger partial charge >= 0.3 is 0 Å². The van der Waals surface area contributed by atoms with Crippen LogP contribution in [0.2, 0.25) is 0 Å². The van der Waals surface area contributed by atoms with Crippen LogP contribution in [0.15, 0.2) is 25.0 Å². The van der Waals surface area contributed by atoms with Crippen molar-refractivity contribution in [3.05, 3.63) is 25.0 Å². The fourth-order valence-electron chi connectivity index (χ4n) is 1.73. The number of carbonyl (C=O) groups is 1. The van der Waals surface area contributed by atoms with Gasteiger partial charge < -0.3 is 10.1 Å². The minimum Gasteiger partial charge on any atom is -0.484 e. The van der Waals surface area contributed by atoms with Gasteiger partial charge in [-0.05, 0) is 18.9 Å². The minimum absolute atomic E-state index is 0.0430. The molecule has 1 N–H and O–H groups in total. The second-order valence-electron chi connectivity index (χ2n) is 3.86. The summed E-state index contributed by atoms with van der Waals surface area (Å²) in [6.45, 7) is 7.11. The number of amides is 1. The van der Waals surface area contributed by atoms with E-state index < -0.39 is 0 Å². The molecule has 1 saturated carbocycles. The minimum atomic E-state index is -0.0649. The molecular formula is C12H19NO2. The van der Waals surface area contributed by atoms with Crippen LogP contribution in [0.25, 0.3) is 0 Å². The van der Waals surface area contributed by atoms with Crippen molar-refractivity contribution in [3.8, 4) is 0 Å². The van der Waals surface area contributed by atoms with Gasteiger partial charge in [0, 0.05) is 6.04 Å². The summed E-state index contributed by atoms with van der Waals surface area (Å²) < 4.78 is 5.07. The van der Waals surface area contributed by atoms with Crippen molar-refractivity contribution < 1.29 is 9.53 Å². The average molecular weight is 209 g/mol. The van der Waals surface area contributed by atoms with Gasteiger partial charge in [0.05, 0.1) is 0 Å². The van der Waals surface area contributed by atoms with Gasteiger partial charge in [-0.1, -0.05) is 32.4 Å². The number of allylic oxidation sites excluding steroid dienone is 1. The van der Waals surface area contributed by atoms with E-state index in [-0.39, 0.29) is 12.5 Å². The van der Waals surface area contributed by atoms with E-state index in [2.05, 4.69) is 18.5 Å². The van der Waals surface area contributed by atoms with Crippen molar-refractivity contribution in [2.24, 2.45) is 0 Å². The van der Waals surface area contributed by atoms with Crippen LogP contribution in [-0.2, 0) is 9.53 Å². The van der Waals surface area contributed by atoms with Crippen LogP contribution in [0.1, 0.15) is 32.1 Å². The zero-order valence-corrected chi connectivity index (χ0v) is 9.13. The molecule has 0 aromatic carbocycles. The van der Waals surface area contributed by atoms with Crippen molar-refractivity contribution in [2.45, 2.75) is 38.1 Å². The lowest BCUT2D eigenvalue weighted by atomic mass is 9.95. The molecule has 0 atom stereocenters. The van der Waals surface area contributed by atoms with E-state index >= 15 is 0 Å². The number of carbonyl (C=O) groups excluding carboxylic acids is 1. The molecule has 0 heterocycles. The van der Waals surface area contributed by atoms with Crippen LogP contribution in [0.5, 0.6) is 0 Å². The van der Waals surface area contributed by atoms with Gasteiger partial charge in [-0.2, -0.15) is 0 Å². The first-order chi connectivity index (χ1) is 7.22. The normalized spacial score (nSPS) is 16.8. The van der Waals surface area contributed by atoms with Crippen LogP contribution in [0.4, 0.5) is 0 Å². The van der Waals surface area contributed by atoms with E-state index in [0.717, 1.165) is 12.8 Å². The maximum atomic E-state index is 11.4. The average Bonchev–Trinajstić information content (AvgIpc) is 2.27. The Labute approximate surface area is 91.2 Å². The summed E-state index contributed by atoms with van der Waals surface area (Å²) in [7, 11) is 0. The second-order valence-corrected chi connectivity index (χ2v) is 3.86. The summed E-state index contributed by atoms with van der Waals surface area (Å²) >= 11 is 0. The molecule has 0 bridgehead atoms. The van der Waals surface area contributed by atoms with E-state index in [4.69, 9.17) is 4.74 Å². The van der Waals surface area contributed by atoms with Gasteiger partial charge in [0.25, 0.3) is 5.91 Å². The van der Waals surface area contributed by atoms with E-state index in [1.54, 1.807) is 0 Å². The molecule has 0 unspecified atom stereocenters. The molecule has 0 aromatic rings. The van der Waals surface area contributed by atoms with Crippen molar-refractivity contribution >= 4 is 5.91 Å². The SMILES string of the molecule is C=CC(=C)OCC(=O)NC1CCCCC1. The molecular weight excluding hydrogens is 190 g/mol. The maximum absolute atomic E-state index is 11.4. The molecule has 1 aliphatic rings. The van der Waals surface area contributed by atoms with Crippen molar-refractivity contribution in [1.29, 1.82) is 0 Å². The highest BCUT2D eigenvalue weighted by molar-refractivity contribution is 5.77. The highest BCUT2D eigenvalue weighted by atomic mass is 16.5. The first-order valence-corrected chi connectivity index (χ1v) is 5.46. The van der Waals surface area contributed by atoms with Crippen LogP contribution in [0, 0.1) is 0 Å². The Balaban J connectivity index is 2.17. The number of nitrogens with one attached hydrogen (secondary N) is 1. The summed E-state index contributed by atoms with van der Waals surface area (Å²) in [6, 6.07) is 0.340. The molecule has 0 aliphatic heterocycles. The monoisotopic (exact) mass is 209 g/mol. The molecule has 0 spiro atoms. The molecule has 1 aliphatic carbocycles. The lowest BCUT2D eigenvalue weighted by Gasteiger charge is -2.22. The Morgan fingerprint density at radius 3 is 2.67 bits per heavy atom. The fraction of sp³-hybridized carbons (Fsp3) is 0.583. The van der Waals surface area contributed by atoms with Crippen LogP contribution in [0.3, 0.4) is 0 Å². The number of hydrogen-bond acceptors (Lipinski definition) is 2. The van der Waals surface area contributed by atoms with Gasteiger partial charge in [-0.3, -0.25) is 4.79 Å². The molecule has 1 fully saturated rings. The third-order valence-corrected chi connectivity index (χ3v) is 2.59. The Morgan fingerprint density at radius 2 is 2.07 bits per heavy atom. The summed E-state index contributed by atoms with van der Waals surface area (Å²) in [4.78, 5) is 11.4. The van der Waals surface area contributed by atoms with Gasteiger partial charge in [0.1, 0.15) is 5.76 Å². The highest BCUT2D eigenvalue weighted by Gasteiger charge is 2.15. The first kappa shape index (κ1) is 11.8. The van der Waals surface area contributed by atoms with Crippen molar-refractivity contribution in [2.75, 3.05) is 6.61 Å². The molecule has 3 nitrogen and oxygen atoms in total. The largest absolute Gasteiger partial charge is 0.484 e. The van der Waals surface area contributed by atoms with Gasteiger partial charge in [-0.25, -0.2) is 0 Å². The van der Waals surface area contributed by atoms with Crippen LogP contribution in [-0.4, -0.2) is 18.6 Å². The molecule has 84 valence electrons. The molecule has 3 heteroatoms.